The van der Waals surface area contributed by atoms with Crippen LogP contribution in [0.2, 0.25) is 5.02 Å². The standard InChI is InChI=1S/C37H41BrClN3O7/c1-23-31(24-14-6-4-7-15-24)48-36(47)29-30-34(45)42(20-11-2-3-13-21-43)33(37(30)22-25(38)32(29)49-37)35(46)41(27-17-10-9-16-26(27)39)19-12-5-8-18-28(44)40-23/h4-7,9-10,12,14-17,22-23,29-33,43H,2-3,8,11,13,18-21H2,1H3,(H,40,44)/b12-5-/t23-,29+,30-,31+,32+,33+,37-/m0/s1. The number of aliphatic hydroxyl groups is 1. The van der Waals surface area contributed by atoms with Crippen molar-refractivity contribution in [1.82, 2.24) is 10.2 Å². The molecular formula is C37H41BrClN3O7. The maximum Gasteiger partial charge on any atom is 0.313 e. The molecule has 0 saturated carbocycles. The maximum absolute atomic E-state index is 15.0. The highest BCUT2D eigenvalue weighted by atomic mass is 79.9. The number of likely N-dealkylation sites (tertiary alicyclic amines) is 1. The third kappa shape index (κ3) is 6.82. The smallest absolute Gasteiger partial charge is 0.313 e. The van der Waals surface area contributed by atoms with E-state index in [0.29, 0.717) is 40.0 Å². The van der Waals surface area contributed by atoms with Crippen molar-refractivity contribution in [3.05, 3.63) is 87.9 Å². The zero-order chi connectivity index (χ0) is 34.7. The number of cyclic esters (lactones) is 1. The number of nitrogens with one attached hydrogen (secondary N) is 1. The Morgan fingerprint density at radius 3 is 2.45 bits per heavy atom. The second kappa shape index (κ2) is 15.2. The first-order valence-corrected chi connectivity index (χ1v) is 18.1. The first-order valence-electron chi connectivity index (χ1n) is 16.9. The Balaban J connectivity index is 1.44. The minimum atomic E-state index is -1.44. The van der Waals surface area contributed by atoms with Crippen molar-refractivity contribution in [2.45, 2.75) is 75.3 Å². The van der Waals surface area contributed by atoms with Crippen LogP contribution >= 0.6 is 27.5 Å². The molecule has 2 aromatic rings. The Labute approximate surface area is 299 Å². The van der Waals surface area contributed by atoms with Gasteiger partial charge in [0.15, 0.2) is 0 Å². The van der Waals surface area contributed by atoms with Gasteiger partial charge in [0, 0.05) is 30.6 Å². The molecule has 4 aliphatic heterocycles. The van der Waals surface area contributed by atoms with Crippen molar-refractivity contribution < 1.29 is 33.8 Å². The summed E-state index contributed by atoms with van der Waals surface area (Å²) in [7, 11) is 0. The van der Waals surface area contributed by atoms with E-state index < -0.39 is 53.6 Å². The summed E-state index contributed by atoms with van der Waals surface area (Å²) in [6.07, 6.45) is 7.14. The molecule has 2 fully saturated rings. The van der Waals surface area contributed by atoms with Crippen molar-refractivity contribution in [2.24, 2.45) is 11.8 Å². The molecule has 2 aromatic carbocycles. The molecule has 7 atom stereocenters. The molecule has 5 bridgehead atoms. The van der Waals surface area contributed by atoms with Gasteiger partial charge in [-0.1, -0.05) is 95.0 Å². The molecule has 1 spiro atoms. The number of aliphatic hydroxyl groups excluding tert-OH is 1. The molecule has 2 N–H and O–H groups in total. The van der Waals surface area contributed by atoms with Crippen molar-refractivity contribution in [2.75, 3.05) is 24.6 Å². The molecule has 2 saturated heterocycles. The third-order valence-corrected chi connectivity index (χ3v) is 10.9. The number of halogens is 2. The van der Waals surface area contributed by atoms with Gasteiger partial charge in [0.1, 0.15) is 29.8 Å². The molecule has 0 aromatic heterocycles. The van der Waals surface area contributed by atoms with Crippen molar-refractivity contribution in [1.29, 1.82) is 0 Å². The van der Waals surface area contributed by atoms with Gasteiger partial charge in [0.05, 0.1) is 22.7 Å². The van der Waals surface area contributed by atoms with Crippen LogP contribution in [0.5, 0.6) is 0 Å². The van der Waals surface area contributed by atoms with Crippen LogP contribution in [0.1, 0.15) is 57.1 Å². The zero-order valence-corrected chi connectivity index (χ0v) is 29.6. The highest BCUT2D eigenvalue weighted by Gasteiger charge is 2.75. The van der Waals surface area contributed by atoms with Crippen LogP contribution in [-0.4, -0.2) is 77.2 Å². The van der Waals surface area contributed by atoms with Gasteiger partial charge in [0.25, 0.3) is 5.91 Å². The van der Waals surface area contributed by atoms with Crippen LogP contribution in [0, 0.1) is 11.8 Å². The van der Waals surface area contributed by atoms with Gasteiger partial charge in [-0.2, -0.15) is 0 Å². The third-order valence-electron chi connectivity index (χ3n) is 9.86. The number of unbranched alkanes of at least 4 members (excludes halogenated alkanes) is 3. The van der Waals surface area contributed by atoms with Crippen molar-refractivity contribution in [3.63, 3.8) is 0 Å². The van der Waals surface area contributed by atoms with Crippen molar-refractivity contribution >= 4 is 56.9 Å². The number of fused-ring (bicyclic) bond motifs is 2. The number of carbonyl (C=O) groups excluding carboxylic acids is 4. The van der Waals surface area contributed by atoms with E-state index in [4.69, 9.17) is 21.1 Å². The maximum atomic E-state index is 15.0. The molecule has 6 rings (SSSR count). The predicted octanol–water partition coefficient (Wildman–Crippen LogP) is 5.24. The quantitative estimate of drug-likeness (QED) is 0.215. The Morgan fingerprint density at radius 1 is 0.959 bits per heavy atom. The largest absolute Gasteiger partial charge is 0.455 e. The van der Waals surface area contributed by atoms with E-state index in [-0.39, 0.29) is 37.9 Å². The summed E-state index contributed by atoms with van der Waals surface area (Å²) in [6, 6.07) is 14.5. The second-order valence-corrected chi connectivity index (χ2v) is 14.4. The molecular weight excluding hydrogens is 714 g/mol. The van der Waals surface area contributed by atoms with E-state index in [1.165, 1.54) is 0 Å². The minimum absolute atomic E-state index is 0.0827. The van der Waals surface area contributed by atoms with Crippen LogP contribution in [0.4, 0.5) is 5.69 Å². The first kappa shape index (κ1) is 35.3. The molecule has 0 radical (unpaired) electrons. The number of hydrogen-bond acceptors (Lipinski definition) is 7. The zero-order valence-electron chi connectivity index (χ0n) is 27.3. The van der Waals surface area contributed by atoms with Crippen LogP contribution in [0.15, 0.2) is 77.3 Å². The number of carbonyl (C=O) groups is 4. The molecule has 4 heterocycles. The summed E-state index contributed by atoms with van der Waals surface area (Å²) < 4.78 is 13.5. The number of nitrogens with zero attached hydrogens (tertiary/aromatic N) is 2. The average Bonchev–Trinajstić information content (AvgIpc) is 3.68. The highest BCUT2D eigenvalue weighted by molar-refractivity contribution is 9.11. The lowest BCUT2D eigenvalue weighted by Crippen LogP contribution is -2.56. The number of para-hydroxylation sites is 1. The van der Waals surface area contributed by atoms with Gasteiger partial charge in [-0.25, -0.2) is 0 Å². The van der Waals surface area contributed by atoms with Gasteiger partial charge in [-0.05, 0) is 50.0 Å². The summed E-state index contributed by atoms with van der Waals surface area (Å²) in [4.78, 5) is 60.1. The monoisotopic (exact) mass is 753 g/mol. The van der Waals surface area contributed by atoms with E-state index in [0.717, 1.165) is 12.8 Å². The van der Waals surface area contributed by atoms with Crippen LogP contribution in [-0.2, 0) is 28.7 Å². The summed E-state index contributed by atoms with van der Waals surface area (Å²) in [5.41, 5.74) is -0.276. The Morgan fingerprint density at radius 2 is 1.69 bits per heavy atom. The number of anilines is 1. The molecule has 260 valence electrons. The molecule has 4 aliphatic rings. The first-order chi connectivity index (χ1) is 23.7. The lowest BCUT2D eigenvalue weighted by molar-refractivity contribution is -0.161. The van der Waals surface area contributed by atoms with Crippen molar-refractivity contribution in [3.8, 4) is 0 Å². The number of benzene rings is 2. The number of allylic oxidation sites excluding steroid dienone is 1. The molecule has 3 amide bonds. The van der Waals surface area contributed by atoms with E-state index in [1.54, 1.807) is 47.1 Å². The van der Waals surface area contributed by atoms with Crippen LogP contribution < -0.4 is 10.2 Å². The van der Waals surface area contributed by atoms with E-state index in [1.807, 2.05) is 42.5 Å². The molecule has 12 heteroatoms. The van der Waals surface area contributed by atoms with Gasteiger partial charge in [-0.15, -0.1) is 0 Å². The fraction of sp³-hybridized carbons (Fsp3) is 0.459. The Kier molecular flexibility index (Phi) is 10.9. The normalized spacial score (nSPS) is 31.0. The summed E-state index contributed by atoms with van der Waals surface area (Å²) >= 11 is 10.3. The van der Waals surface area contributed by atoms with Crippen LogP contribution in [0.3, 0.4) is 0 Å². The number of amides is 3. The number of esters is 1. The summed E-state index contributed by atoms with van der Waals surface area (Å²) in [5, 5.41) is 12.6. The van der Waals surface area contributed by atoms with Crippen LogP contribution in [0.25, 0.3) is 0 Å². The second-order valence-electron chi connectivity index (χ2n) is 13.0. The minimum Gasteiger partial charge on any atom is -0.455 e. The predicted molar refractivity (Wildman–Crippen MR) is 188 cm³/mol. The Bertz CT molecular complexity index is 1640. The number of ether oxygens (including phenoxy) is 2. The topological polar surface area (TPSA) is 125 Å². The lowest BCUT2D eigenvalue weighted by atomic mass is 9.74. The van der Waals surface area contributed by atoms with E-state index in [9.17, 15) is 24.3 Å². The fourth-order valence-corrected chi connectivity index (χ4v) is 8.57. The molecule has 0 unspecified atom stereocenters. The SMILES string of the molecule is C[C@@H]1NC(=O)CC/C=C\CN(c2ccccc2Cl)C(=O)[C@H]2N(CCCCCCO)C(=O)[C@@H]3[C@@H](C(=O)O[C@H]1c1ccccc1)[C@@H]1O[C@@]32C=C1Br. The fourth-order valence-electron chi connectivity index (χ4n) is 7.60. The summed E-state index contributed by atoms with van der Waals surface area (Å²) in [5.74, 6) is -3.66. The number of hydrogen-bond donors (Lipinski definition) is 2. The van der Waals surface area contributed by atoms with E-state index in [2.05, 4.69) is 21.2 Å². The van der Waals surface area contributed by atoms with Gasteiger partial charge < -0.3 is 29.7 Å². The van der Waals surface area contributed by atoms with Gasteiger partial charge in [0.2, 0.25) is 11.8 Å². The highest BCUT2D eigenvalue weighted by Crippen LogP contribution is 2.59. The molecule has 10 nitrogen and oxygen atoms in total. The van der Waals surface area contributed by atoms with Gasteiger partial charge in [-0.3, -0.25) is 19.2 Å². The Hall–Kier alpha value is -3.51. The van der Waals surface area contributed by atoms with Gasteiger partial charge >= 0.3 is 5.97 Å². The summed E-state index contributed by atoms with van der Waals surface area (Å²) in [6.45, 7) is 2.27. The lowest BCUT2D eigenvalue weighted by Gasteiger charge is -2.36. The average molecular weight is 755 g/mol. The number of rotatable bonds is 8. The molecule has 0 aliphatic carbocycles. The molecule has 49 heavy (non-hydrogen) atoms. The van der Waals surface area contributed by atoms with E-state index >= 15 is 0 Å².